The van der Waals surface area contributed by atoms with Crippen LogP contribution >= 0.6 is 0 Å². The molecule has 7 nitrogen and oxygen atoms in total. The third kappa shape index (κ3) is 8.10. The van der Waals surface area contributed by atoms with Crippen molar-refractivity contribution in [2.75, 3.05) is 0 Å². The molecular weight excluding hydrogens is 520 g/mol. The van der Waals surface area contributed by atoms with Gasteiger partial charge in [-0.1, -0.05) is 81.4 Å². The van der Waals surface area contributed by atoms with Gasteiger partial charge in [0.25, 0.3) is 8.32 Å². The summed E-state index contributed by atoms with van der Waals surface area (Å²) in [6.45, 7) is 17.6. The normalized spacial score (nSPS) is 18.5. The van der Waals surface area contributed by atoms with Gasteiger partial charge in [0.1, 0.15) is 11.2 Å². The Morgan fingerprint density at radius 2 is 1.27 bits per heavy atom. The second-order valence-electron chi connectivity index (χ2n) is 13.7. The van der Waals surface area contributed by atoms with Crippen molar-refractivity contribution in [3.05, 3.63) is 60.7 Å². The molecule has 0 aliphatic heterocycles. The van der Waals surface area contributed by atoms with Gasteiger partial charge in [0.15, 0.2) is 0 Å². The molecule has 1 fully saturated rings. The van der Waals surface area contributed by atoms with Crippen molar-refractivity contribution in [1.82, 2.24) is 10.4 Å². The Morgan fingerprint density at radius 3 is 1.73 bits per heavy atom. The molecule has 8 heteroatoms. The van der Waals surface area contributed by atoms with Crippen molar-refractivity contribution in [1.29, 1.82) is 0 Å². The van der Waals surface area contributed by atoms with E-state index >= 15 is 0 Å². The lowest BCUT2D eigenvalue weighted by atomic mass is 9.93. The van der Waals surface area contributed by atoms with Gasteiger partial charge >= 0.3 is 12.2 Å². The monoisotopic (exact) mass is 568 g/mol. The number of carbonyl (C=O) groups is 2. The number of amides is 2. The molecule has 220 valence electrons. The molecule has 1 aliphatic carbocycles. The van der Waals surface area contributed by atoms with E-state index in [1.54, 1.807) is 20.8 Å². The minimum Gasteiger partial charge on any atom is -0.443 e. The summed E-state index contributed by atoms with van der Waals surface area (Å²) >= 11 is 0. The largest absolute Gasteiger partial charge is 0.443 e. The van der Waals surface area contributed by atoms with Crippen LogP contribution in [0.15, 0.2) is 60.7 Å². The molecule has 1 saturated carbocycles. The summed E-state index contributed by atoms with van der Waals surface area (Å²) in [6.07, 6.45) is 1.60. The van der Waals surface area contributed by atoms with E-state index in [4.69, 9.17) is 13.9 Å². The van der Waals surface area contributed by atoms with E-state index in [1.165, 1.54) is 15.4 Å². The lowest BCUT2D eigenvalue weighted by molar-refractivity contribution is -0.0216. The third-order valence-electron chi connectivity index (χ3n) is 6.92. The smallest absolute Gasteiger partial charge is 0.429 e. The van der Waals surface area contributed by atoms with Crippen molar-refractivity contribution in [2.24, 2.45) is 0 Å². The Hall–Kier alpha value is -2.84. The number of nitrogens with zero attached hydrogens (tertiary/aromatic N) is 1. The molecule has 2 amide bonds. The van der Waals surface area contributed by atoms with Gasteiger partial charge in [-0.2, -0.15) is 0 Å². The van der Waals surface area contributed by atoms with Crippen LogP contribution in [0.5, 0.6) is 0 Å². The quantitative estimate of drug-likeness (QED) is 0.327. The molecule has 0 bridgehead atoms. The summed E-state index contributed by atoms with van der Waals surface area (Å²) in [7, 11) is -2.78. The van der Waals surface area contributed by atoms with Gasteiger partial charge in [0, 0.05) is 6.10 Å². The van der Waals surface area contributed by atoms with Crippen LogP contribution in [0.1, 0.15) is 88.0 Å². The number of hydrazine groups is 1. The Labute approximate surface area is 241 Å². The Morgan fingerprint density at radius 1 is 0.775 bits per heavy atom. The topological polar surface area (TPSA) is 77.1 Å². The van der Waals surface area contributed by atoms with E-state index in [0.29, 0.717) is 6.42 Å². The fourth-order valence-electron chi connectivity index (χ4n) is 5.40. The molecule has 0 aromatic heterocycles. The minimum absolute atomic E-state index is 0.115. The first-order chi connectivity index (χ1) is 18.5. The minimum atomic E-state index is -2.78. The average Bonchev–Trinajstić information content (AvgIpc) is 2.84. The molecule has 40 heavy (non-hydrogen) atoms. The number of benzene rings is 2. The van der Waals surface area contributed by atoms with E-state index in [2.05, 4.69) is 74.7 Å². The highest BCUT2D eigenvalue weighted by molar-refractivity contribution is 6.99. The second kappa shape index (κ2) is 12.3. The van der Waals surface area contributed by atoms with E-state index in [-0.39, 0.29) is 17.2 Å². The van der Waals surface area contributed by atoms with Gasteiger partial charge in [0.05, 0.1) is 6.04 Å². The highest BCUT2D eigenvalue weighted by Crippen LogP contribution is 2.39. The summed E-state index contributed by atoms with van der Waals surface area (Å²) in [4.78, 5) is 26.1. The molecule has 2 aromatic carbocycles. The van der Waals surface area contributed by atoms with E-state index < -0.39 is 31.7 Å². The maximum atomic E-state index is 13.4. The van der Waals surface area contributed by atoms with Gasteiger partial charge in [-0.05, 0) is 82.6 Å². The van der Waals surface area contributed by atoms with Crippen LogP contribution in [-0.2, 0) is 13.9 Å². The summed E-state index contributed by atoms with van der Waals surface area (Å²) in [5.41, 5.74) is 1.28. The SMILES string of the molecule is CC(C)(C)OC(=O)NN(C(=O)OC(C)(C)C)C1CCCC(O[Si](c2ccccc2)(c2ccccc2)C(C)(C)C)C1. The van der Waals surface area contributed by atoms with Gasteiger partial charge in [-0.3, -0.25) is 0 Å². The maximum Gasteiger partial charge on any atom is 0.429 e. The van der Waals surface area contributed by atoms with Crippen molar-refractivity contribution < 1.29 is 23.5 Å². The molecule has 2 atom stereocenters. The average molecular weight is 569 g/mol. The first-order valence-corrected chi connectivity index (χ1v) is 16.2. The molecule has 1 N–H and O–H groups in total. The summed E-state index contributed by atoms with van der Waals surface area (Å²) in [5.74, 6) is 0. The predicted molar refractivity (Wildman–Crippen MR) is 162 cm³/mol. The van der Waals surface area contributed by atoms with E-state index in [0.717, 1.165) is 19.3 Å². The van der Waals surface area contributed by atoms with Gasteiger partial charge in [-0.15, -0.1) is 0 Å². The molecule has 2 aromatic rings. The molecule has 1 aliphatic rings. The number of hydrogen-bond acceptors (Lipinski definition) is 5. The third-order valence-corrected chi connectivity index (χ3v) is 12.0. The highest BCUT2D eigenvalue weighted by atomic mass is 28.4. The van der Waals surface area contributed by atoms with Crippen LogP contribution < -0.4 is 15.8 Å². The van der Waals surface area contributed by atoms with Crippen LogP contribution in [0, 0.1) is 0 Å². The van der Waals surface area contributed by atoms with Crippen molar-refractivity contribution in [3.8, 4) is 0 Å². The summed E-state index contributed by atoms with van der Waals surface area (Å²) in [5, 5.41) is 3.58. The molecule has 2 unspecified atom stereocenters. The Bertz CT molecular complexity index is 1080. The maximum absolute atomic E-state index is 13.4. The zero-order valence-corrected chi connectivity index (χ0v) is 26.7. The lowest BCUT2D eigenvalue weighted by Crippen LogP contribution is -2.68. The van der Waals surface area contributed by atoms with E-state index in [1.807, 2.05) is 32.9 Å². The van der Waals surface area contributed by atoms with Crippen LogP contribution in [0.25, 0.3) is 0 Å². The van der Waals surface area contributed by atoms with Crippen molar-refractivity contribution >= 4 is 30.9 Å². The molecular formula is C32H48N2O5Si. The number of hydrogen-bond donors (Lipinski definition) is 1. The van der Waals surface area contributed by atoms with Gasteiger partial charge in [0.2, 0.25) is 0 Å². The van der Waals surface area contributed by atoms with Gasteiger partial charge < -0.3 is 13.9 Å². The number of nitrogens with one attached hydrogen (secondary N) is 1. The fraction of sp³-hybridized carbons (Fsp3) is 0.562. The van der Waals surface area contributed by atoms with Crippen LogP contribution in [0.4, 0.5) is 9.59 Å². The first kappa shape index (κ1) is 31.7. The molecule has 0 saturated heterocycles. The second-order valence-corrected chi connectivity index (χ2v) is 17.9. The molecule has 0 spiro atoms. The molecule has 0 radical (unpaired) electrons. The Balaban J connectivity index is 1.97. The highest BCUT2D eigenvalue weighted by Gasteiger charge is 2.52. The first-order valence-electron chi connectivity index (χ1n) is 14.3. The number of rotatable bonds is 5. The zero-order valence-electron chi connectivity index (χ0n) is 25.7. The standard InChI is InChI=1S/C32H48N2O5Si/c1-30(2,3)37-28(35)33-34(29(36)38-31(4,5)6)24-17-16-18-25(23-24)39-40(32(7,8)9,26-19-12-10-13-20-26)27-21-14-11-15-22-27/h10-15,19-22,24-25H,16-18,23H2,1-9H3,(H,33,35). The lowest BCUT2D eigenvalue weighted by Gasteiger charge is -2.47. The predicted octanol–water partition coefficient (Wildman–Crippen LogP) is 6.55. The van der Waals surface area contributed by atoms with Crippen molar-refractivity contribution in [2.45, 2.75) is 116 Å². The zero-order chi connectivity index (χ0) is 29.8. The van der Waals surface area contributed by atoms with Gasteiger partial charge in [-0.25, -0.2) is 20.0 Å². The van der Waals surface area contributed by atoms with Crippen LogP contribution in [0.3, 0.4) is 0 Å². The number of ether oxygens (including phenoxy) is 2. The molecule has 3 rings (SSSR count). The Kier molecular flexibility index (Phi) is 9.78. The molecule has 0 heterocycles. The summed E-state index contributed by atoms with van der Waals surface area (Å²) in [6, 6.07) is 20.8. The van der Waals surface area contributed by atoms with Crippen LogP contribution in [-0.4, -0.2) is 48.9 Å². The number of carbonyl (C=O) groups excluding carboxylic acids is 2. The van der Waals surface area contributed by atoms with Crippen molar-refractivity contribution in [3.63, 3.8) is 0 Å². The fourth-order valence-corrected chi connectivity index (χ4v) is 10.1. The summed E-state index contributed by atoms with van der Waals surface area (Å²) < 4.78 is 18.6. The van der Waals surface area contributed by atoms with E-state index in [9.17, 15) is 9.59 Å². The van der Waals surface area contributed by atoms with Crippen LogP contribution in [0.2, 0.25) is 5.04 Å².